The Hall–Kier alpha value is -0.990. The van der Waals surface area contributed by atoms with Crippen molar-refractivity contribution >= 4 is 30.7 Å². The minimum atomic E-state index is -0.572. The maximum Gasteiger partial charge on any atom is 0.239 e. The molecule has 2 aliphatic heterocycles. The quantitative estimate of drug-likeness (QED) is 0.775. The second-order valence-corrected chi connectivity index (χ2v) is 6.80. The minimum absolute atomic E-state index is 0. The molecule has 0 spiro atoms. The Kier molecular flexibility index (Phi) is 9.38. The van der Waals surface area contributed by atoms with E-state index in [-0.39, 0.29) is 42.8 Å². The van der Waals surface area contributed by atoms with Crippen molar-refractivity contribution in [2.45, 2.75) is 38.0 Å². The third-order valence-corrected chi connectivity index (χ3v) is 5.18. The number of nitrogens with zero attached hydrogens (tertiary/aromatic N) is 2. The van der Waals surface area contributed by atoms with E-state index in [0.29, 0.717) is 51.1 Å². The highest BCUT2D eigenvalue weighted by molar-refractivity contribution is 5.85. The van der Waals surface area contributed by atoms with Gasteiger partial charge in [-0.2, -0.15) is 0 Å². The predicted octanol–water partition coefficient (Wildman–Crippen LogP) is 2.13. The Morgan fingerprint density at radius 3 is 2.44 bits per heavy atom. The molecule has 0 bridgehead atoms. The molecule has 2 heterocycles. The zero-order valence-corrected chi connectivity index (χ0v) is 16.9. The molecule has 5 nitrogen and oxygen atoms in total. The van der Waals surface area contributed by atoms with Crippen molar-refractivity contribution in [3.05, 3.63) is 35.4 Å². The largest absolute Gasteiger partial charge is 0.392 e. The molecule has 0 aliphatic carbocycles. The molecule has 0 aromatic heterocycles. The number of hydrogen-bond acceptors (Lipinski definition) is 4. The van der Waals surface area contributed by atoms with E-state index < -0.39 is 17.7 Å². The summed E-state index contributed by atoms with van der Waals surface area (Å²) in [5.74, 6) is -1.07. The number of piperazine rings is 1. The molecule has 9 heteroatoms. The van der Waals surface area contributed by atoms with Crippen molar-refractivity contribution < 1.29 is 18.7 Å². The molecule has 1 amide bonds. The number of amides is 1. The number of halogens is 4. The standard InChI is InChI=1S/C18H25F2N3O2.2ClH/c1-2-17(14-4-3-12(19)9-15(14)20)22-5-7-23(8-6-22)18(25)16-10-13(24)11-21-16;;/h3-4,9,13,16-17,21,24H,2,5-8,10-11H2,1H3;2*1H. The molecule has 0 radical (unpaired) electrons. The van der Waals surface area contributed by atoms with Gasteiger partial charge in [0, 0.05) is 50.4 Å². The van der Waals surface area contributed by atoms with Crippen molar-refractivity contribution in [1.82, 2.24) is 15.1 Å². The molecule has 2 aliphatic rings. The summed E-state index contributed by atoms with van der Waals surface area (Å²) in [7, 11) is 0. The molecular formula is C18H27Cl2F2N3O2. The molecule has 2 N–H and O–H groups in total. The highest BCUT2D eigenvalue weighted by Crippen LogP contribution is 2.28. The van der Waals surface area contributed by atoms with Crippen LogP contribution in [0.4, 0.5) is 8.78 Å². The molecule has 154 valence electrons. The predicted molar refractivity (Wildman–Crippen MR) is 104 cm³/mol. The van der Waals surface area contributed by atoms with Gasteiger partial charge in [0.25, 0.3) is 0 Å². The Bertz CT molecular complexity index is 631. The highest BCUT2D eigenvalue weighted by atomic mass is 35.5. The Morgan fingerprint density at radius 2 is 1.93 bits per heavy atom. The van der Waals surface area contributed by atoms with Crippen LogP contribution in [0.5, 0.6) is 0 Å². The van der Waals surface area contributed by atoms with E-state index in [9.17, 15) is 18.7 Å². The van der Waals surface area contributed by atoms with Crippen molar-refractivity contribution in [3.8, 4) is 0 Å². The summed E-state index contributed by atoms with van der Waals surface area (Å²) in [6.07, 6.45) is 0.714. The molecule has 3 unspecified atom stereocenters. The van der Waals surface area contributed by atoms with Gasteiger partial charge in [0.15, 0.2) is 0 Å². The summed E-state index contributed by atoms with van der Waals surface area (Å²) >= 11 is 0. The first-order valence-electron chi connectivity index (χ1n) is 8.88. The molecule has 27 heavy (non-hydrogen) atoms. The summed E-state index contributed by atoms with van der Waals surface area (Å²) in [4.78, 5) is 16.4. The van der Waals surface area contributed by atoms with Crippen molar-refractivity contribution in [3.63, 3.8) is 0 Å². The van der Waals surface area contributed by atoms with Gasteiger partial charge in [-0.3, -0.25) is 9.69 Å². The van der Waals surface area contributed by atoms with Gasteiger partial charge in [0.1, 0.15) is 11.6 Å². The van der Waals surface area contributed by atoms with Gasteiger partial charge in [-0.15, -0.1) is 24.8 Å². The summed E-state index contributed by atoms with van der Waals surface area (Å²) in [5, 5.41) is 12.6. The number of carbonyl (C=O) groups excluding carboxylic acids is 1. The highest BCUT2D eigenvalue weighted by Gasteiger charge is 2.34. The summed E-state index contributed by atoms with van der Waals surface area (Å²) < 4.78 is 27.3. The number of nitrogens with one attached hydrogen (secondary N) is 1. The summed E-state index contributed by atoms with van der Waals surface area (Å²) in [5.41, 5.74) is 0.504. The van der Waals surface area contributed by atoms with E-state index in [1.54, 1.807) is 4.90 Å². The third kappa shape index (κ3) is 5.51. The first kappa shape index (κ1) is 24.0. The van der Waals surface area contributed by atoms with Gasteiger partial charge in [0.05, 0.1) is 12.1 Å². The molecular weight excluding hydrogens is 399 g/mol. The van der Waals surface area contributed by atoms with Gasteiger partial charge >= 0.3 is 0 Å². The SMILES string of the molecule is CCC(c1ccc(F)cc1F)N1CCN(C(=O)C2CC(O)CN2)CC1.Cl.Cl. The molecule has 0 saturated carbocycles. The molecule has 1 aromatic rings. The average molecular weight is 426 g/mol. The van der Waals surface area contributed by atoms with E-state index in [1.165, 1.54) is 12.1 Å². The average Bonchev–Trinajstić information content (AvgIpc) is 3.04. The molecule has 2 saturated heterocycles. The fourth-order valence-corrected chi connectivity index (χ4v) is 3.83. The van der Waals surface area contributed by atoms with Crippen LogP contribution >= 0.6 is 24.8 Å². The van der Waals surface area contributed by atoms with Gasteiger partial charge in [-0.25, -0.2) is 8.78 Å². The molecule has 3 rings (SSSR count). The van der Waals surface area contributed by atoms with E-state index in [4.69, 9.17) is 0 Å². The molecule has 2 fully saturated rings. The van der Waals surface area contributed by atoms with Crippen molar-refractivity contribution in [2.75, 3.05) is 32.7 Å². The summed E-state index contributed by atoms with van der Waals surface area (Å²) in [6, 6.07) is 3.30. The Morgan fingerprint density at radius 1 is 1.26 bits per heavy atom. The Balaban J connectivity index is 0.00000182. The number of hydrogen-bond donors (Lipinski definition) is 2. The Labute approximate surface area is 170 Å². The van der Waals surface area contributed by atoms with E-state index in [2.05, 4.69) is 10.2 Å². The first-order chi connectivity index (χ1) is 12.0. The monoisotopic (exact) mass is 425 g/mol. The maximum absolute atomic E-state index is 14.1. The number of carbonyl (C=O) groups is 1. The topological polar surface area (TPSA) is 55.8 Å². The summed E-state index contributed by atoms with van der Waals surface area (Å²) in [6.45, 7) is 4.89. The lowest BCUT2D eigenvalue weighted by Crippen LogP contribution is -2.53. The molecule has 3 atom stereocenters. The minimum Gasteiger partial charge on any atom is -0.392 e. The first-order valence-corrected chi connectivity index (χ1v) is 8.88. The number of aliphatic hydroxyl groups excluding tert-OH is 1. The maximum atomic E-state index is 14.1. The lowest BCUT2D eigenvalue weighted by atomic mass is 10.0. The van der Waals surface area contributed by atoms with Crippen LogP contribution in [-0.4, -0.2) is 65.7 Å². The van der Waals surface area contributed by atoms with Gasteiger partial charge in [0.2, 0.25) is 5.91 Å². The molecule has 1 aromatic carbocycles. The van der Waals surface area contributed by atoms with Crippen molar-refractivity contribution in [1.29, 1.82) is 0 Å². The van der Waals surface area contributed by atoms with E-state index in [1.807, 2.05) is 6.92 Å². The second kappa shape index (κ2) is 10.5. The van der Waals surface area contributed by atoms with Crippen LogP contribution < -0.4 is 5.32 Å². The number of benzene rings is 1. The van der Waals surface area contributed by atoms with Crippen LogP contribution in [0.2, 0.25) is 0 Å². The third-order valence-electron chi connectivity index (χ3n) is 5.18. The number of aliphatic hydroxyl groups is 1. The second-order valence-electron chi connectivity index (χ2n) is 6.80. The van der Waals surface area contributed by atoms with E-state index in [0.717, 1.165) is 6.07 Å². The van der Waals surface area contributed by atoms with Crippen LogP contribution in [-0.2, 0) is 4.79 Å². The van der Waals surface area contributed by atoms with Crippen LogP contribution in [0.1, 0.15) is 31.4 Å². The lowest BCUT2D eigenvalue weighted by Gasteiger charge is -2.40. The zero-order chi connectivity index (χ0) is 18.0. The lowest BCUT2D eigenvalue weighted by molar-refractivity contribution is -0.135. The van der Waals surface area contributed by atoms with Crippen LogP contribution in [0.25, 0.3) is 0 Å². The van der Waals surface area contributed by atoms with Crippen molar-refractivity contribution in [2.24, 2.45) is 0 Å². The van der Waals surface area contributed by atoms with Gasteiger partial charge < -0.3 is 15.3 Å². The number of rotatable bonds is 4. The number of β-amino-alcohol motifs (C(OH)–C–C–N with tert-alkyl or cyclic N) is 1. The van der Waals surface area contributed by atoms with E-state index >= 15 is 0 Å². The van der Waals surface area contributed by atoms with Crippen LogP contribution in [0.15, 0.2) is 18.2 Å². The van der Waals surface area contributed by atoms with Gasteiger partial charge in [-0.1, -0.05) is 13.0 Å². The fraction of sp³-hybridized carbons (Fsp3) is 0.611. The van der Waals surface area contributed by atoms with Gasteiger partial charge in [-0.05, 0) is 18.9 Å². The fourth-order valence-electron chi connectivity index (χ4n) is 3.83. The zero-order valence-electron chi connectivity index (χ0n) is 15.2. The smallest absolute Gasteiger partial charge is 0.239 e. The normalized spacial score (nSPS) is 24.1. The van der Waals surface area contributed by atoms with Crippen LogP contribution in [0.3, 0.4) is 0 Å². The van der Waals surface area contributed by atoms with Crippen LogP contribution in [0, 0.1) is 11.6 Å².